The highest BCUT2D eigenvalue weighted by Crippen LogP contribution is 2.37. The van der Waals surface area contributed by atoms with E-state index >= 15 is 0 Å². The molecule has 1 saturated heterocycles. The van der Waals surface area contributed by atoms with E-state index in [1.807, 2.05) is 30.3 Å². The van der Waals surface area contributed by atoms with Gasteiger partial charge in [0.2, 0.25) is 0 Å². The molecular formula is C23H16BrNO4S2. The van der Waals surface area contributed by atoms with Gasteiger partial charge in [0.15, 0.2) is 4.32 Å². The SMILES string of the molecule is CCOC(=O)c1ccc(-c2ccc(/C=C3/SC(=S)N(c4cccc(Br)c4)C3=O)o2)cc1. The molecule has 2 heterocycles. The highest BCUT2D eigenvalue weighted by molar-refractivity contribution is 9.10. The number of amides is 1. The van der Waals surface area contributed by atoms with Crippen LogP contribution in [0.15, 0.2) is 74.5 Å². The zero-order chi connectivity index (χ0) is 22.0. The number of anilines is 1. The normalized spacial score (nSPS) is 15.0. The zero-order valence-corrected chi connectivity index (χ0v) is 19.6. The summed E-state index contributed by atoms with van der Waals surface area (Å²) in [5, 5.41) is 0. The third-order valence-electron chi connectivity index (χ3n) is 4.44. The molecule has 31 heavy (non-hydrogen) atoms. The first kappa shape index (κ1) is 21.5. The molecule has 3 aromatic rings. The van der Waals surface area contributed by atoms with Crippen LogP contribution in [0.2, 0.25) is 0 Å². The molecule has 1 amide bonds. The predicted molar refractivity (Wildman–Crippen MR) is 130 cm³/mol. The second-order valence-electron chi connectivity index (χ2n) is 6.50. The monoisotopic (exact) mass is 513 g/mol. The minimum atomic E-state index is -0.360. The van der Waals surface area contributed by atoms with Gasteiger partial charge in [-0.15, -0.1) is 0 Å². The van der Waals surface area contributed by atoms with Gasteiger partial charge in [-0.2, -0.15) is 0 Å². The molecule has 2 aromatic carbocycles. The Morgan fingerprint density at radius 3 is 2.68 bits per heavy atom. The van der Waals surface area contributed by atoms with E-state index in [2.05, 4.69) is 15.9 Å². The van der Waals surface area contributed by atoms with Crippen molar-refractivity contribution in [3.63, 3.8) is 0 Å². The summed E-state index contributed by atoms with van der Waals surface area (Å²) in [6, 6.07) is 18.0. The summed E-state index contributed by atoms with van der Waals surface area (Å²) in [5.74, 6) is 0.620. The van der Waals surface area contributed by atoms with Crippen molar-refractivity contribution >= 4 is 67.9 Å². The number of furan rings is 1. The molecule has 0 aliphatic carbocycles. The quantitative estimate of drug-likeness (QED) is 0.227. The van der Waals surface area contributed by atoms with Crippen LogP contribution in [0.4, 0.5) is 5.69 Å². The van der Waals surface area contributed by atoms with Crippen LogP contribution in [0.1, 0.15) is 23.0 Å². The minimum absolute atomic E-state index is 0.190. The standard InChI is InChI=1S/C23H16BrNO4S2/c1-2-28-22(27)15-8-6-14(7-9-15)19-11-10-18(29-19)13-20-21(26)25(23(30)31-20)17-5-3-4-16(24)12-17/h3-13H,2H2,1H3/b20-13+. The summed E-state index contributed by atoms with van der Waals surface area (Å²) in [4.78, 5) is 26.7. The molecule has 0 saturated carbocycles. The Balaban J connectivity index is 1.54. The average Bonchev–Trinajstić information content (AvgIpc) is 3.33. The van der Waals surface area contributed by atoms with Crippen molar-refractivity contribution in [2.75, 3.05) is 11.5 Å². The topological polar surface area (TPSA) is 59.8 Å². The molecule has 0 spiro atoms. The molecule has 1 aliphatic rings. The lowest BCUT2D eigenvalue weighted by Crippen LogP contribution is -2.27. The van der Waals surface area contributed by atoms with E-state index in [-0.39, 0.29) is 11.9 Å². The fourth-order valence-electron chi connectivity index (χ4n) is 3.01. The van der Waals surface area contributed by atoms with Crippen LogP contribution in [0.3, 0.4) is 0 Å². The Kier molecular flexibility index (Phi) is 6.41. The average molecular weight is 514 g/mol. The van der Waals surface area contributed by atoms with E-state index in [1.54, 1.807) is 43.3 Å². The maximum absolute atomic E-state index is 12.9. The van der Waals surface area contributed by atoms with Gasteiger partial charge in [0, 0.05) is 16.1 Å². The number of carbonyl (C=O) groups is 2. The summed E-state index contributed by atoms with van der Waals surface area (Å²) in [5.41, 5.74) is 2.00. The van der Waals surface area contributed by atoms with Crippen LogP contribution in [-0.4, -0.2) is 22.8 Å². The van der Waals surface area contributed by atoms with Crippen LogP contribution < -0.4 is 4.90 Å². The smallest absolute Gasteiger partial charge is 0.338 e. The number of benzene rings is 2. The van der Waals surface area contributed by atoms with Crippen molar-refractivity contribution in [3.8, 4) is 11.3 Å². The van der Waals surface area contributed by atoms with Gasteiger partial charge in [-0.3, -0.25) is 9.69 Å². The second kappa shape index (κ2) is 9.21. The lowest BCUT2D eigenvalue weighted by molar-refractivity contribution is -0.113. The van der Waals surface area contributed by atoms with Gasteiger partial charge in [0.05, 0.1) is 22.8 Å². The predicted octanol–water partition coefficient (Wildman–Crippen LogP) is 6.29. The number of ether oxygens (including phenoxy) is 1. The molecule has 0 bridgehead atoms. The third-order valence-corrected chi connectivity index (χ3v) is 6.24. The number of nitrogens with zero attached hydrogens (tertiary/aromatic N) is 1. The van der Waals surface area contributed by atoms with E-state index < -0.39 is 0 Å². The van der Waals surface area contributed by atoms with Gasteiger partial charge in [-0.25, -0.2) is 4.79 Å². The number of hydrogen-bond acceptors (Lipinski definition) is 6. The molecule has 1 aliphatic heterocycles. The summed E-state index contributed by atoms with van der Waals surface area (Å²) in [7, 11) is 0. The van der Waals surface area contributed by atoms with Crippen molar-refractivity contribution < 1.29 is 18.7 Å². The maximum atomic E-state index is 12.9. The molecule has 1 aromatic heterocycles. The van der Waals surface area contributed by atoms with Gasteiger partial charge in [-0.1, -0.05) is 58.1 Å². The van der Waals surface area contributed by atoms with Crippen LogP contribution in [0, 0.1) is 0 Å². The number of rotatable bonds is 5. The Labute approximate surface area is 197 Å². The van der Waals surface area contributed by atoms with Gasteiger partial charge < -0.3 is 9.15 Å². The van der Waals surface area contributed by atoms with Crippen molar-refractivity contribution in [3.05, 3.63) is 81.4 Å². The lowest BCUT2D eigenvalue weighted by atomic mass is 10.1. The summed E-state index contributed by atoms with van der Waals surface area (Å²) in [6.45, 7) is 2.10. The van der Waals surface area contributed by atoms with E-state index in [4.69, 9.17) is 21.4 Å². The van der Waals surface area contributed by atoms with Crippen LogP contribution >= 0.6 is 39.9 Å². The largest absolute Gasteiger partial charge is 0.462 e. The van der Waals surface area contributed by atoms with Crippen LogP contribution in [0.5, 0.6) is 0 Å². The van der Waals surface area contributed by atoms with Crippen molar-refractivity contribution in [2.45, 2.75) is 6.92 Å². The molecule has 0 N–H and O–H groups in total. The number of hydrogen-bond donors (Lipinski definition) is 0. The highest BCUT2D eigenvalue weighted by Gasteiger charge is 2.33. The first-order valence-corrected chi connectivity index (χ1v) is 11.4. The summed E-state index contributed by atoms with van der Waals surface area (Å²) in [6.07, 6.45) is 1.69. The number of thioether (sulfide) groups is 1. The first-order valence-electron chi connectivity index (χ1n) is 9.37. The minimum Gasteiger partial charge on any atom is -0.462 e. The van der Waals surface area contributed by atoms with Gasteiger partial charge in [-0.05, 0) is 49.4 Å². The van der Waals surface area contributed by atoms with Crippen molar-refractivity contribution in [1.82, 2.24) is 0 Å². The molecular weight excluding hydrogens is 498 g/mol. The van der Waals surface area contributed by atoms with Crippen molar-refractivity contribution in [2.24, 2.45) is 0 Å². The Morgan fingerprint density at radius 2 is 1.97 bits per heavy atom. The Bertz CT molecular complexity index is 1200. The van der Waals surface area contributed by atoms with E-state index in [0.717, 1.165) is 10.0 Å². The lowest BCUT2D eigenvalue weighted by Gasteiger charge is -2.14. The summed E-state index contributed by atoms with van der Waals surface area (Å²) >= 11 is 10.1. The van der Waals surface area contributed by atoms with Gasteiger partial charge >= 0.3 is 5.97 Å². The fourth-order valence-corrected chi connectivity index (χ4v) is 4.67. The van der Waals surface area contributed by atoms with Gasteiger partial charge in [0.1, 0.15) is 11.5 Å². The molecule has 156 valence electrons. The fraction of sp³-hybridized carbons (Fsp3) is 0.0870. The third kappa shape index (κ3) is 4.66. The molecule has 1 fully saturated rings. The number of esters is 1. The molecule has 8 heteroatoms. The van der Waals surface area contributed by atoms with Crippen LogP contribution in [0.25, 0.3) is 17.4 Å². The molecule has 0 atom stereocenters. The Morgan fingerprint density at radius 1 is 1.19 bits per heavy atom. The molecule has 0 radical (unpaired) electrons. The van der Waals surface area contributed by atoms with Crippen molar-refractivity contribution in [1.29, 1.82) is 0 Å². The molecule has 4 rings (SSSR count). The molecule has 0 unspecified atom stereocenters. The second-order valence-corrected chi connectivity index (χ2v) is 9.09. The number of thiocarbonyl (C=S) groups is 1. The zero-order valence-electron chi connectivity index (χ0n) is 16.3. The highest BCUT2D eigenvalue weighted by atomic mass is 79.9. The van der Waals surface area contributed by atoms with E-state index in [9.17, 15) is 9.59 Å². The Hall–Kier alpha value is -2.68. The van der Waals surface area contributed by atoms with E-state index in [0.29, 0.717) is 38.6 Å². The number of halogens is 1. The summed E-state index contributed by atoms with van der Waals surface area (Å²) < 4.78 is 12.2. The maximum Gasteiger partial charge on any atom is 0.338 e. The van der Waals surface area contributed by atoms with Gasteiger partial charge in [0.25, 0.3) is 5.91 Å². The molecule has 5 nitrogen and oxygen atoms in total. The van der Waals surface area contributed by atoms with E-state index in [1.165, 1.54) is 16.7 Å². The first-order chi connectivity index (χ1) is 15.0. The van der Waals surface area contributed by atoms with Crippen LogP contribution in [-0.2, 0) is 9.53 Å². The number of carbonyl (C=O) groups excluding carboxylic acids is 2.